The van der Waals surface area contributed by atoms with Gasteiger partial charge in [-0.1, -0.05) is 30.3 Å². The number of halogens is 1. The van der Waals surface area contributed by atoms with Gasteiger partial charge < -0.3 is 14.6 Å². The SMILES string of the molecule is O[C@@H](COc1ccccc1)CN(Cc1ccc(F)cc1)C[C@H]1CCCO1. The summed E-state index contributed by atoms with van der Waals surface area (Å²) in [6.45, 7) is 2.90. The molecule has 1 aliphatic heterocycles. The van der Waals surface area contributed by atoms with Crippen LogP contribution in [0, 0.1) is 5.82 Å². The van der Waals surface area contributed by atoms with E-state index in [0.717, 1.165) is 37.3 Å². The van der Waals surface area contributed by atoms with Crippen molar-refractivity contribution in [2.45, 2.75) is 31.6 Å². The van der Waals surface area contributed by atoms with Crippen LogP contribution in [0.4, 0.5) is 4.39 Å². The average molecular weight is 359 g/mol. The van der Waals surface area contributed by atoms with Crippen molar-refractivity contribution in [1.29, 1.82) is 0 Å². The molecule has 0 amide bonds. The van der Waals surface area contributed by atoms with Crippen LogP contribution in [0.25, 0.3) is 0 Å². The molecule has 2 atom stereocenters. The molecule has 2 aromatic carbocycles. The number of aliphatic hydroxyl groups excluding tert-OH is 1. The van der Waals surface area contributed by atoms with Gasteiger partial charge >= 0.3 is 0 Å². The maximum atomic E-state index is 13.1. The highest BCUT2D eigenvalue weighted by Gasteiger charge is 2.21. The van der Waals surface area contributed by atoms with E-state index in [0.29, 0.717) is 13.1 Å². The van der Waals surface area contributed by atoms with Crippen molar-refractivity contribution in [3.05, 3.63) is 66.0 Å². The second-order valence-electron chi connectivity index (χ2n) is 6.73. The largest absolute Gasteiger partial charge is 0.491 e. The van der Waals surface area contributed by atoms with E-state index in [-0.39, 0.29) is 18.5 Å². The fourth-order valence-electron chi connectivity index (χ4n) is 3.19. The molecular weight excluding hydrogens is 333 g/mol. The van der Waals surface area contributed by atoms with Crippen molar-refractivity contribution in [2.24, 2.45) is 0 Å². The zero-order valence-electron chi connectivity index (χ0n) is 14.9. The number of aliphatic hydroxyl groups is 1. The quantitative estimate of drug-likeness (QED) is 0.746. The summed E-state index contributed by atoms with van der Waals surface area (Å²) >= 11 is 0. The predicted molar refractivity (Wildman–Crippen MR) is 98.6 cm³/mol. The van der Waals surface area contributed by atoms with Gasteiger partial charge in [-0.05, 0) is 42.7 Å². The molecule has 1 saturated heterocycles. The summed E-state index contributed by atoms with van der Waals surface area (Å²) in [6.07, 6.45) is 1.69. The minimum Gasteiger partial charge on any atom is -0.491 e. The molecule has 1 aliphatic rings. The predicted octanol–water partition coefficient (Wildman–Crippen LogP) is 3.25. The lowest BCUT2D eigenvalue weighted by Gasteiger charge is -2.27. The van der Waals surface area contributed by atoms with E-state index >= 15 is 0 Å². The first-order valence-electron chi connectivity index (χ1n) is 9.13. The molecule has 1 fully saturated rings. The summed E-state index contributed by atoms with van der Waals surface area (Å²) in [5.41, 5.74) is 1.01. The maximum Gasteiger partial charge on any atom is 0.123 e. The van der Waals surface area contributed by atoms with Crippen LogP contribution in [-0.2, 0) is 11.3 Å². The van der Waals surface area contributed by atoms with Gasteiger partial charge in [-0.15, -0.1) is 0 Å². The molecule has 0 spiro atoms. The topological polar surface area (TPSA) is 41.9 Å². The van der Waals surface area contributed by atoms with Crippen molar-refractivity contribution in [3.8, 4) is 5.75 Å². The number of hydrogen-bond donors (Lipinski definition) is 1. The highest BCUT2D eigenvalue weighted by atomic mass is 19.1. The first-order chi connectivity index (χ1) is 12.7. The molecule has 0 aromatic heterocycles. The van der Waals surface area contributed by atoms with Crippen LogP contribution in [0.5, 0.6) is 5.75 Å². The number of para-hydroxylation sites is 1. The van der Waals surface area contributed by atoms with E-state index < -0.39 is 6.10 Å². The fraction of sp³-hybridized carbons (Fsp3) is 0.429. The van der Waals surface area contributed by atoms with Crippen LogP contribution in [-0.4, -0.2) is 48.5 Å². The molecule has 3 rings (SSSR count). The van der Waals surface area contributed by atoms with E-state index in [4.69, 9.17) is 9.47 Å². The molecule has 5 heteroatoms. The van der Waals surface area contributed by atoms with Crippen molar-refractivity contribution >= 4 is 0 Å². The third-order valence-electron chi connectivity index (χ3n) is 4.46. The third-order valence-corrected chi connectivity index (χ3v) is 4.46. The molecule has 4 nitrogen and oxygen atoms in total. The van der Waals surface area contributed by atoms with Gasteiger partial charge in [0, 0.05) is 26.2 Å². The highest BCUT2D eigenvalue weighted by Crippen LogP contribution is 2.16. The smallest absolute Gasteiger partial charge is 0.123 e. The lowest BCUT2D eigenvalue weighted by molar-refractivity contribution is 0.0313. The molecule has 0 bridgehead atoms. The van der Waals surface area contributed by atoms with E-state index in [2.05, 4.69) is 4.90 Å². The second kappa shape index (κ2) is 9.67. The standard InChI is InChI=1S/C21H26FNO3/c22-18-10-8-17(9-11-18)13-23(15-21-7-4-12-25-21)14-19(24)16-26-20-5-2-1-3-6-20/h1-3,5-6,8-11,19,21,24H,4,7,12-16H2/t19-,21-/m1/s1. The van der Waals surface area contributed by atoms with Crippen molar-refractivity contribution < 1.29 is 19.0 Å². The lowest BCUT2D eigenvalue weighted by atomic mass is 10.1. The molecular formula is C21H26FNO3. The van der Waals surface area contributed by atoms with Crippen LogP contribution in [0.3, 0.4) is 0 Å². The summed E-state index contributed by atoms with van der Waals surface area (Å²) < 4.78 is 24.5. The highest BCUT2D eigenvalue weighted by molar-refractivity contribution is 5.21. The number of benzene rings is 2. The minimum atomic E-state index is -0.614. The van der Waals surface area contributed by atoms with Crippen LogP contribution in [0.2, 0.25) is 0 Å². The van der Waals surface area contributed by atoms with Crippen LogP contribution in [0.15, 0.2) is 54.6 Å². The van der Waals surface area contributed by atoms with Crippen molar-refractivity contribution in [3.63, 3.8) is 0 Å². The lowest BCUT2D eigenvalue weighted by Crippen LogP contribution is -2.39. The minimum absolute atomic E-state index is 0.192. The van der Waals surface area contributed by atoms with E-state index in [9.17, 15) is 9.50 Å². The van der Waals surface area contributed by atoms with Crippen molar-refractivity contribution in [1.82, 2.24) is 4.90 Å². The van der Waals surface area contributed by atoms with Gasteiger partial charge in [0.25, 0.3) is 0 Å². The maximum absolute atomic E-state index is 13.1. The van der Waals surface area contributed by atoms with Gasteiger partial charge in [0.2, 0.25) is 0 Å². The second-order valence-corrected chi connectivity index (χ2v) is 6.73. The first-order valence-corrected chi connectivity index (χ1v) is 9.13. The van der Waals surface area contributed by atoms with E-state index in [1.54, 1.807) is 12.1 Å². The molecule has 2 aromatic rings. The molecule has 1 heterocycles. The average Bonchev–Trinajstić information content (AvgIpc) is 3.16. The molecule has 0 unspecified atom stereocenters. The Hall–Kier alpha value is -1.95. The molecule has 0 radical (unpaired) electrons. The van der Waals surface area contributed by atoms with Crippen molar-refractivity contribution in [2.75, 3.05) is 26.3 Å². The number of rotatable bonds is 9. The number of hydrogen-bond acceptors (Lipinski definition) is 4. The molecule has 26 heavy (non-hydrogen) atoms. The zero-order valence-corrected chi connectivity index (χ0v) is 14.9. The summed E-state index contributed by atoms with van der Waals surface area (Å²) in [5, 5.41) is 10.4. The van der Waals surface area contributed by atoms with Gasteiger partial charge in [0.15, 0.2) is 0 Å². The van der Waals surface area contributed by atoms with E-state index in [1.807, 2.05) is 30.3 Å². The molecule has 140 valence electrons. The summed E-state index contributed by atoms with van der Waals surface area (Å²) in [7, 11) is 0. The van der Waals surface area contributed by atoms with Crippen LogP contribution in [0.1, 0.15) is 18.4 Å². The third kappa shape index (κ3) is 6.09. The monoisotopic (exact) mass is 359 g/mol. The Morgan fingerprint density at radius 2 is 1.92 bits per heavy atom. The summed E-state index contributed by atoms with van der Waals surface area (Å²) in [5.74, 6) is 0.506. The first kappa shape index (κ1) is 18.8. The van der Waals surface area contributed by atoms with Gasteiger partial charge in [-0.2, -0.15) is 0 Å². The number of ether oxygens (including phenoxy) is 2. The Morgan fingerprint density at radius 3 is 2.62 bits per heavy atom. The van der Waals surface area contributed by atoms with E-state index in [1.165, 1.54) is 12.1 Å². The molecule has 0 saturated carbocycles. The molecule has 0 aliphatic carbocycles. The Kier molecular flexibility index (Phi) is 7.00. The Balaban J connectivity index is 1.55. The zero-order chi connectivity index (χ0) is 18.2. The Labute approximate surface area is 154 Å². The fourth-order valence-corrected chi connectivity index (χ4v) is 3.19. The van der Waals surface area contributed by atoms with Crippen LogP contribution >= 0.6 is 0 Å². The van der Waals surface area contributed by atoms with Gasteiger partial charge in [0.1, 0.15) is 24.3 Å². The van der Waals surface area contributed by atoms with Crippen LogP contribution < -0.4 is 4.74 Å². The van der Waals surface area contributed by atoms with Gasteiger partial charge in [0.05, 0.1) is 6.10 Å². The normalized spacial score (nSPS) is 18.2. The summed E-state index contributed by atoms with van der Waals surface area (Å²) in [6, 6.07) is 16.0. The Morgan fingerprint density at radius 1 is 1.15 bits per heavy atom. The Bertz CT molecular complexity index is 644. The van der Waals surface area contributed by atoms with Gasteiger partial charge in [-0.3, -0.25) is 4.90 Å². The number of nitrogens with zero attached hydrogens (tertiary/aromatic N) is 1. The molecule has 1 N–H and O–H groups in total. The summed E-state index contributed by atoms with van der Waals surface area (Å²) in [4.78, 5) is 2.16. The van der Waals surface area contributed by atoms with Gasteiger partial charge in [-0.25, -0.2) is 4.39 Å².